The summed E-state index contributed by atoms with van der Waals surface area (Å²) in [7, 11) is 0. The summed E-state index contributed by atoms with van der Waals surface area (Å²) >= 11 is 0. The first kappa shape index (κ1) is 19.9. The first-order chi connectivity index (χ1) is 14.1. The van der Waals surface area contributed by atoms with Gasteiger partial charge in [0.25, 0.3) is 0 Å². The summed E-state index contributed by atoms with van der Waals surface area (Å²) in [6.07, 6.45) is 6.87. The summed E-state index contributed by atoms with van der Waals surface area (Å²) < 4.78 is 16.0. The molecule has 0 saturated carbocycles. The van der Waals surface area contributed by atoms with E-state index >= 15 is 0 Å². The van der Waals surface area contributed by atoms with Gasteiger partial charge in [-0.1, -0.05) is 48.6 Å². The Labute approximate surface area is 168 Å². The molecule has 0 unspecified atom stereocenters. The SMILES string of the molecule is C=CCc1ccccc1OC(=O)c1cocc1C(=O)Oc1ccccc1CC=C. The van der Waals surface area contributed by atoms with Gasteiger partial charge in [0.1, 0.15) is 35.2 Å². The molecule has 0 N–H and O–H groups in total. The molecule has 0 aliphatic heterocycles. The highest BCUT2D eigenvalue weighted by Gasteiger charge is 2.24. The number of esters is 2. The Bertz CT molecular complexity index is 963. The average Bonchev–Trinajstić information content (AvgIpc) is 3.21. The van der Waals surface area contributed by atoms with Crippen LogP contribution in [0.5, 0.6) is 11.5 Å². The van der Waals surface area contributed by atoms with E-state index in [1.54, 1.807) is 36.4 Å². The zero-order valence-corrected chi connectivity index (χ0v) is 15.8. The Balaban J connectivity index is 1.80. The molecule has 0 atom stereocenters. The molecule has 0 fully saturated rings. The molecule has 5 heteroatoms. The fourth-order valence-corrected chi connectivity index (χ4v) is 2.78. The van der Waals surface area contributed by atoms with E-state index in [1.807, 2.05) is 24.3 Å². The number of allylic oxidation sites excluding steroid dienone is 2. The van der Waals surface area contributed by atoms with Crippen molar-refractivity contribution in [3.63, 3.8) is 0 Å². The fraction of sp³-hybridized carbons (Fsp3) is 0.0833. The third-order valence-electron chi connectivity index (χ3n) is 4.18. The molecule has 0 spiro atoms. The van der Waals surface area contributed by atoms with Crippen LogP contribution in [-0.2, 0) is 12.8 Å². The van der Waals surface area contributed by atoms with E-state index in [-0.39, 0.29) is 11.1 Å². The van der Waals surface area contributed by atoms with Crippen molar-refractivity contribution in [2.45, 2.75) is 12.8 Å². The van der Waals surface area contributed by atoms with Gasteiger partial charge in [-0.2, -0.15) is 0 Å². The molecule has 2 aromatic carbocycles. The lowest BCUT2D eigenvalue weighted by molar-refractivity contribution is 0.0692. The van der Waals surface area contributed by atoms with Crippen molar-refractivity contribution in [3.8, 4) is 11.5 Å². The minimum Gasteiger partial charge on any atom is -0.471 e. The van der Waals surface area contributed by atoms with Gasteiger partial charge < -0.3 is 13.9 Å². The van der Waals surface area contributed by atoms with Crippen molar-refractivity contribution in [1.29, 1.82) is 0 Å². The van der Waals surface area contributed by atoms with Crippen molar-refractivity contribution >= 4 is 11.9 Å². The first-order valence-corrected chi connectivity index (χ1v) is 9.02. The molecule has 5 nitrogen and oxygen atoms in total. The molecule has 3 rings (SSSR count). The summed E-state index contributed by atoms with van der Waals surface area (Å²) in [4.78, 5) is 25.3. The second-order valence-electron chi connectivity index (χ2n) is 6.18. The van der Waals surface area contributed by atoms with E-state index in [2.05, 4.69) is 13.2 Å². The monoisotopic (exact) mass is 388 g/mol. The standard InChI is InChI=1S/C24H20O5/c1-3-9-17-11-5-7-13-21(17)28-23(25)19-15-27-16-20(19)24(26)29-22-14-8-6-12-18(22)10-4-2/h3-8,11-16H,1-2,9-10H2. The number of carbonyl (C=O) groups is 2. The molecule has 0 bridgehead atoms. The predicted octanol–water partition coefficient (Wildman–Crippen LogP) is 5.18. The van der Waals surface area contributed by atoms with Gasteiger partial charge in [0.05, 0.1) is 0 Å². The summed E-state index contributed by atoms with van der Waals surface area (Å²) in [6.45, 7) is 7.40. The number of carbonyl (C=O) groups excluding carboxylic acids is 2. The largest absolute Gasteiger partial charge is 0.471 e. The van der Waals surface area contributed by atoms with E-state index in [9.17, 15) is 9.59 Å². The Morgan fingerprint density at radius 3 is 1.59 bits per heavy atom. The smallest absolute Gasteiger partial charge is 0.347 e. The second kappa shape index (κ2) is 9.37. The summed E-state index contributed by atoms with van der Waals surface area (Å²) in [5, 5.41) is 0. The van der Waals surface area contributed by atoms with E-state index in [0.29, 0.717) is 24.3 Å². The molecule has 146 valence electrons. The molecule has 0 amide bonds. The zero-order valence-electron chi connectivity index (χ0n) is 15.8. The van der Waals surface area contributed by atoms with E-state index < -0.39 is 11.9 Å². The molecule has 0 aliphatic rings. The maximum atomic E-state index is 12.6. The van der Waals surface area contributed by atoms with Crippen molar-refractivity contribution in [1.82, 2.24) is 0 Å². The minimum absolute atomic E-state index is 0.00962. The lowest BCUT2D eigenvalue weighted by atomic mass is 10.1. The van der Waals surface area contributed by atoms with Crippen molar-refractivity contribution in [3.05, 3.63) is 109 Å². The van der Waals surface area contributed by atoms with Crippen molar-refractivity contribution < 1.29 is 23.5 Å². The number of furan rings is 1. The van der Waals surface area contributed by atoms with Crippen molar-refractivity contribution in [2.75, 3.05) is 0 Å². The van der Waals surface area contributed by atoms with Gasteiger partial charge in [0.2, 0.25) is 0 Å². The first-order valence-electron chi connectivity index (χ1n) is 9.02. The maximum Gasteiger partial charge on any atom is 0.347 e. The van der Waals surface area contributed by atoms with E-state index in [0.717, 1.165) is 11.1 Å². The highest BCUT2D eigenvalue weighted by atomic mass is 16.5. The Morgan fingerprint density at radius 1 is 0.759 bits per heavy atom. The number of benzene rings is 2. The van der Waals surface area contributed by atoms with Crippen LogP contribution >= 0.6 is 0 Å². The average molecular weight is 388 g/mol. The highest BCUT2D eigenvalue weighted by Crippen LogP contribution is 2.24. The molecule has 1 aromatic heterocycles. The number of rotatable bonds is 8. The van der Waals surface area contributed by atoms with Gasteiger partial charge in [-0.05, 0) is 36.1 Å². The van der Waals surface area contributed by atoms with Crippen LogP contribution in [0, 0.1) is 0 Å². The summed E-state index contributed by atoms with van der Waals surface area (Å²) in [5.74, 6) is -0.619. The van der Waals surface area contributed by atoms with Gasteiger partial charge >= 0.3 is 11.9 Å². The number of ether oxygens (including phenoxy) is 2. The van der Waals surface area contributed by atoms with E-state index in [4.69, 9.17) is 13.9 Å². The van der Waals surface area contributed by atoms with Gasteiger partial charge in [-0.3, -0.25) is 0 Å². The summed E-state index contributed by atoms with van der Waals surface area (Å²) in [6, 6.07) is 14.2. The van der Waals surface area contributed by atoms with Gasteiger partial charge in [0, 0.05) is 0 Å². The molecular weight excluding hydrogens is 368 g/mol. The van der Waals surface area contributed by atoms with Crippen LogP contribution in [0.15, 0.2) is 90.8 Å². The molecular formula is C24H20O5. The molecule has 1 heterocycles. The molecule has 0 saturated heterocycles. The predicted molar refractivity (Wildman–Crippen MR) is 109 cm³/mol. The number of hydrogen-bond acceptors (Lipinski definition) is 5. The van der Waals surface area contributed by atoms with Crippen molar-refractivity contribution in [2.24, 2.45) is 0 Å². The third kappa shape index (κ3) is 4.71. The fourth-order valence-electron chi connectivity index (χ4n) is 2.78. The number of hydrogen-bond donors (Lipinski definition) is 0. The highest BCUT2D eigenvalue weighted by molar-refractivity contribution is 6.04. The molecule has 29 heavy (non-hydrogen) atoms. The second-order valence-corrected chi connectivity index (χ2v) is 6.18. The quantitative estimate of drug-likeness (QED) is 0.302. The Morgan fingerprint density at radius 2 is 1.17 bits per heavy atom. The Kier molecular flexibility index (Phi) is 6.43. The van der Waals surface area contributed by atoms with Gasteiger partial charge in [-0.25, -0.2) is 9.59 Å². The van der Waals surface area contributed by atoms with Crippen LogP contribution < -0.4 is 9.47 Å². The topological polar surface area (TPSA) is 65.7 Å². The zero-order chi connectivity index (χ0) is 20.6. The normalized spacial score (nSPS) is 10.2. The van der Waals surface area contributed by atoms with E-state index in [1.165, 1.54) is 12.5 Å². The molecule has 0 aliphatic carbocycles. The third-order valence-corrected chi connectivity index (χ3v) is 4.18. The van der Waals surface area contributed by atoms with Gasteiger partial charge in [-0.15, -0.1) is 13.2 Å². The van der Waals surface area contributed by atoms with Crippen LogP contribution in [-0.4, -0.2) is 11.9 Å². The van der Waals surface area contributed by atoms with Crippen LogP contribution in [0.25, 0.3) is 0 Å². The molecule has 3 aromatic rings. The lowest BCUT2D eigenvalue weighted by Crippen LogP contribution is -2.16. The minimum atomic E-state index is -0.707. The van der Waals surface area contributed by atoms with Crippen LogP contribution in [0.2, 0.25) is 0 Å². The lowest BCUT2D eigenvalue weighted by Gasteiger charge is -2.10. The maximum absolute atomic E-state index is 12.6. The van der Waals surface area contributed by atoms with Gasteiger partial charge in [0.15, 0.2) is 0 Å². The molecule has 0 radical (unpaired) electrons. The van der Waals surface area contributed by atoms with Crippen LogP contribution in [0.4, 0.5) is 0 Å². The Hall–Kier alpha value is -3.86. The van der Waals surface area contributed by atoms with Crippen LogP contribution in [0.1, 0.15) is 31.8 Å². The summed E-state index contributed by atoms with van der Waals surface area (Å²) in [5.41, 5.74) is 1.60. The number of para-hydroxylation sites is 2. The van der Waals surface area contributed by atoms with Crippen LogP contribution in [0.3, 0.4) is 0 Å².